The molecule has 1 heterocycles. The van der Waals surface area contributed by atoms with E-state index in [-0.39, 0.29) is 18.4 Å². The number of nitrogens with one attached hydrogen (secondary N) is 1. The molecule has 0 saturated heterocycles. The first kappa shape index (κ1) is 19.4. The van der Waals surface area contributed by atoms with Crippen LogP contribution in [-0.2, 0) is 4.79 Å². The predicted molar refractivity (Wildman–Crippen MR) is 110 cm³/mol. The summed E-state index contributed by atoms with van der Waals surface area (Å²) in [4.78, 5) is 31.6. The molecule has 0 aliphatic heterocycles. The number of methoxy groups -OCH3 is 1. The van der Waals surface area contributed by atoms with Crippen LogP contribution in [0, 0.1) is 6.92 Å². The van der Waals surface area contributed by atoms with Gasteiger partial charge in [0.2, 0.25) is 5.91 Å². The molecular formula is C22H23N3O3. The van der Waals surface area contributed by atoms with Crippen molar-refractivity contribution in [1.29, 1.82) is 0 Å². The fourth-order valence-corrected chi connectivity index (χ4v) is 3.06. The smallest absolute Gasteiger partial charge is 0.255 e. The van der Waals surface area contributed by atoms with E-state index in [1.807, 2.05) is 38.1 Å². The van der Waals surface area contributed by atoms with E-state index in [2.05, 4.69) is 10.3 Å². The summed E-state index contributed by atoms with van der Waals surface area (Å²) in [5, 5.41) is 3.59. The predicted octanol–water partition coefficient (Wildman–Crippen LogP) is 3.65. The Labute approximate surface area is 164 Å². The van der Waals surface area contributed by atoms with E-state index >= 15 is 0 Å². The highest BCUT2D eigenvalue weighted by Crippen LogP contribution is 2.20. The highest BCUT2D eigenvalue weighted by Gasteiger charge is 2.20. The number of aromatic nitrogens is 1. The largest absolute Gasteiger partial charge is 0.497 e. The van der Waals surface area contributed by atoms with Gasteiger partial charge in [-0.05, 0) is 38.1 Å². The number of hydrogen-bond acceptors (Lipinski definition) is 4. The van der Waals surface area contributed by atoms with Crippen LogP contribution in [0.2, 0.25) is 0 Å². The van der Waals surface area contributed by atoms with Gasteiger partial charge < -0.3 is 15.0 Å². The third-order valence-corrected chi connectivity index (χ3v) is 4.43. The molecule has 0 atom stereocenters. The van der Waals surface area contributed by atoms with Crippen LogP contribution in [0.15, 0.2) is 54.6 Å². The molecule has 3 aromatic rings. The lowest BCUT2D eigenvalue weighted by Crippen LogP contribution is -2.38. The molecule has 2 amide bonds. The molecule has 2 aromatic carbocycles. The Kier molecular flexibility index (Phi) is 5.89. The van der Waals surface area contributed by atoms with Gasteiger partial charge in [-0.25, -0.2) is 0 Å². The zero-order valence-electron chi connectivity index (χ0n) is 16.2. The van der Waals surface area contributed by atoms with Gasteiger partial charge in [0.25, 0.3) is 5.91 Å². The summed E-state index contributed by atoms with van der Waals surface area (Å²) in [6.07, 6.45) is 0. The quantitative estimate of drug-likeness (QED) is 0.712. The first-order valence-electron chi connectivity index (χ1n) is 9.11. The van der Waals surface area contributed by atoms with Gasteiger partial charge in [-0.15, -0.1) is 0 Å². The van der Waals surface area contributed by atoms with Crippen LogP contribution < -0.4 is 10.1 Å². The van der Waals surface area contributed by atoms with Gasteiger partial charge in [0.1, 0.15) is 12.3 Å². The van der Waals surface area contributed by atoms with Crippen LogP contribution in [0.5, 0.6) is 5.75 Å². The number of amides is 2. The van der Waals surface area contributed by atoms with E-state index in [9.17, 15) is 9.59 Å². The second-order valence-electron chi connectivity index (χ2n) is 6.43. The van der Waals surface area contributed by atoms with Crippen molar-refractivity contribution >= 4 is 28.4 Å². The molecule has 0 fully saturated rings. The fraction of sp³-hybridized carbons (Fsp3) is 0.227. The minimum Gasteiger partial charge on any atom is -0.497 e. The average molecular weight is 377 g/mol. The number of pyridine rings is 1. The van der Waals surface area contributed by atoms with Crippen molar-refractivity contribution in [2.45, 2.75) is 13.8 Å². The summed E-state index contributed by atoms with van der Waals surface area (Å²) in [6.45, 7) is 4.09. The number of benzene rings is 2. The van der Waals surface area contributed by atoms with Gasteiger partial charge in [0, 0.05) is 29.4 Å². The molecule has 0 bridgehead atoms. The molecule has 0 aliphatic carbocycles. The minimum atomic E-state index is -0.265. The number of rotatable bonds is 6. The van der Waals surface area contributed by atoms with Gasteiger partial charge in [0.05, 0.1) is 18.2 Å². The lowest BCUT2D eigenvalue weighted by Gasteiger charge is -2.21. The molecule has 0 spiro atoms. The highest BCUT2D eigenvalue weighted by molar-refractivity contribution is 6.07. The molecule has 1 N–H and O–H groups in total. The van der Waals surface area contributed by atoms with Crippen LogP contribution in [-0.4, -0.2) is 41.9 Å². The molecule has 0 saturated carbocycles. The summed E-state index contributed by atoms with van der Waals surface area (Å²) in [6, 6.07) is 16.4. The number of anilines is 1. The third-order valence-electron chi connectivity index (χ3n) is 4.43. The van der Waals surface area contributed by atoms with E-state index in [1.54, 1.807) is 37.4 Å². The first-order chi connectivity index (χ1) is 13.5. The number of aryl methyl sites for hydroxylation is 1. The molecule has 144 valence electrons. The van der Waals surface area contributed by atoms with Gasteiger partial charge in [-0.1, -0.05) is 24.3 Å². The van der Waals surface area contributed by atoms with Crippen LogP contribution >= 0.6 is 0 Å². The van der Waals surface area contributed by atoms with Gasteiger partial charge in [-0.3, -0.25) is 14.6 Å². The van der Waals surface area contributed by atoms with Crippen LogP contribution in [0.25, 0.3) is 10.9 Å². The maximum Gasteiger partial charge on any atom is 0.255 e. The Morgan fingerprint density at radius 1 is 1.11 bits per heavy atom. The Hall–Kier alpha value is -3.41. The molecular weight excluding hydrogens is 354 g/mol. The second kappa shape index (κ2) is 8.52. The van der Waals surface area contributed by atoms with E-state index < -0.39 is 0 Å². The van der Waals surface area contributed by atoms with Crippen LogP contribution in [0.3, 0.4) is 0 Å². The Morgan fingerprint density at radius 2 is 1.89 bits per heavy atom. The summed E-state index contributed by atoms with van der Waals surface area (Å²) in [5.74, 6) is 0.198. The minimum absolute atomic E-state index is 0.0394. The van der Waals surface area contributed by atoms with Gasteiger partial charge in [0.15, 0.2) is 0 Å². The Bertz CT molecular complexity index is 1020. The number of para-hydroxylation sites is 1. The topological polar surface area (TPSA) is 71.5 Å². The molecule has 0 radical (unpaired) electrons. The SMILES string of the molecule is CCN(CC(=O)Nc1cccc(OC)c1)C(=O)c1cc(C)nc2ccccc12. The van der Waals surface area contributed by atoms with Gasteiger partial charge in [-0.2, -0.15) is 0 Å². The van der Waals surface area contributed by atoms with Crippen LogP contribution in [0.4, 0.5) is 5.69 Å². The molecule has 3 rings (SSSR count). The Balaban J connectivity index is 1.79. The monoisotopic (exact) mass is 377 g/mol. The summed E-state index contributed by atoms with van der Waals surface area (Å²) < 4.78 is 5.17. The lowest BCUT2D eigenvalue weighted by atomic mass is 10.1. The molecule has 0 aliphatic rings. The zero-order valence-corrected chi connectivity index (χ0v) is 16.2. The normalized spacial score (nSPS) is 10.5. The van der Waals surface area contributed by atoms with Crippen molar-refractivity contribution in [3.05, 3.63) is 65.9 Å². The molecule has 0 unspecified atom stereocenters. The van der Waals surface area contributed by atoms with Gasteiger partial charge >= 0.3 is 0 Å². The van der Waals surface area contributed by atoms with Crippen LogP contribution in [0.1, 0.15) is 23.0 Å². The van der Waals surface area contributed by atoms with Crippen molar-refractivity contribution in [3.63, 3.8) is 0 Å². The van der Waals surface area contributed by atoms with Crippen molar-refractivity contribution < 1.29 is 14.3 Å². The van der Waals surface area contributed by atoms with E-state index in [1.165, 1.54) is 4.90 Å². The molecule has 6 nitrogen and oxygen atoms in total. The van der Waals surface area contributed by atoms with E-state index in [0.717, 1.165) is 16.6 Å². The highest BCUT2D eigenvalue weighted by atomic mass is 16.5. The summed E-state index contributed by atoms with van der Waals surface area (Å²) >= 11 is 0. The number of carbonyl (C=O) groups excluding carboxylic acids is 2. The molecule has 28 heavy (non-hydrogen) atoms. The number of nitrogens with zero attached hydrogens (tertiary/aromatic N) is 2. The van der Waals surface area contributed by atoms with Crippen molar-refractivity contribution in [2.24, 2.45) is 0 Å². The number of ether oxygens (including phenoxy) is 1. The van der Waals surface area contributed by atoms with Crippen molar-refractivity contribution in [2.75, 3.05) is 25.5 Å². The second-order valence-corrected chi connectivity index (χ2v) is 6.43. The van der Waals surface area contributed by atoms with Crippen molar-refractivity contribution in [1.82, 2.24) is 9.88 Å². The number of carbonyl (C=O) groups is 2. The Morgan fingerprint density at radius 3 is 2.64 bits per heavy atom. The number of hydrogen-bond donors (Lipinski definition) is 1. The zero-order chi connectivity index (χ0) is 20.1. The number of fused-ring (bicyclic) bond motifs is 1. The first-order valence-corrected chi connectivity index (χ1v) is 9.11. The number of likely N-dealkylation sites (N-methyl/N-ethyl adjacent to an activating group) is 1. The molecule has 1 aromatic heterocycles. The molecule has 6 heteroatoms. The fourth-order valence-electron chi connectivity index (χ4n) is 3.06. The van der Waals surface area contributed by atoms with Crippen molar-refractivity contribution in [3.8, 4) is 5.75 Å². The summed E-state index contributed by atoms with van der Waals surface area (Å²) in [7, 11) is 1.57. The third kappa shape index (κ3) is 4.28. The van der Waals surface area contributed by atoms with E-state index in [0.29, 0.717) is 23.5 Å². The standard InChI is InChI=1S/C22H23N3O3/c1-4-25(14-21(26)24-16-8-7-9-17(13-16)28-3)22(27)19-12-15(2)23-20-11-6-5-10-18(19)20/h5-13H,4,14H2,1-3H3,(H,24,26). The maximum absolute atomic E-state index is 13.1. The van der Waals surface area contributed by atoms with E-state index in [4.69, 9.17) is 4.74 Å². The average Bonchev–Trinajstić information content (AvgIpc) is 2.71. The summed E-state index contributed by atoms with van der Waals surface area (Å²) in [5.41, 5.74) is 2.71. The maximum atomic E-state index is 13.1. The lowest BCUT2D eigenvalue weighted by molar-refractivity contribution is -0.116.